The maximum absolute atomic E-state index is 7.30. The minimum Gasteiger partial charge on any atom is -0.489 e. The average molecular weight is 261 g/mol. The van der Waals surface area contributed by atoms with Gasteiger partial charge in [0.2, 0.25) is 0 Å². The van der Waals surface area contributed by atoms with Crippen molar-refractivity contribution in [2.45, 2.75) is 6.61 Å². The van der Waals surface area contributed by atoms with E-state index in [0.29, 0.717) is 17.2 Å². The molecule has 0 aliphatic carbocycles. The summed E-state index contributed by atoms with van der Waals surface area (Å²) in [5, 5.41) is 7.95. The predicted molar refractivity (Wildman–Crippen MR) is 73.2 cm³/mol. The van der Waals surface area contributed by atoms with Gasteiger partial charge in [0.05, 0.1) is 0 Å². The molecule has 4 heteroatoms. The van der Waals surface area contributed by atoms with Crippen LogP contribution in [0.1, 0.15) is 11.1 Å². The number of halogens is 1. The Morgan fingerprint density at radius 2 is 1.89 bits per heavy atom. The van der Waals surface area contributed by atoms with Gasteiger partial charge in [0.25, 0.3) is 0 Å². The minimum atomic E-state index is 0.0670. The predicted octanol–water partition coefficient (Wildman–Crippen LogP) is 3.20. The zero-order chi connectivity index (χ0) is 13.0. The van der Waals surface area contributed by atoms with E-state index in [9.17, 15) is 0 Å². The molecule has 0 aromatic heterocycles. The van der Waals surface area contributed by atoms with E-state index in [1.807, 2.05) is 24.3 Å². The van der Waals surface area contributed by atoms with Crippen LogP contribution < -0.4 is 10.5 Å². The molecule has 0 radical (unpaired) electrons. The van der Waals surface area contributed by atoms with E-state index in [2.05, 4.69) is 0 Å². The summed E-state index contributed by atoms with van der Waals surface area (Å²) in [5.41, 5.74) is 7.11. The highest BCUT2D eigenvalue weighted by Crippen LogP contribution is 2.18. The zero-order valence-corrected chi connectivity index (χ0v) is 10.4. The van der Waals surface area contributed by atoms with Crippen molar-refractivity contribution in [2.24, 2.45) is 5.73 Å². The number of amidine groups is 1. The van der Waals surface area contributed by atoms with Crippen LogP contribution in [0.15, 0.2) is 48.5 Å². The molecule has 92 valence electrons. The number of nitrogen functional groups attached to an aromatic ring is 1. The molecule has 0 aliphatic rings. The maximum atomic E-state index is 7.30. The van der Waals surface area contributed by atoms with Crippen LogP contribution in [0.25, 0.3) is 0 Å². The quantitative estimate of drug-likeness (QED) is 0.655. The lowest BCUT2D eigenvalue weighted by Gasteiger charge is -2.07. The van der Waals surface area contributed by atoms with Gasteiger partial charge in [-0.15, -0.1) is 0 Å². The first-order valence-corrected chi connectivity index (χ1v) is 5.84. The Balaban J connectivity index is 2.00. The number of rotatable bonds is 4. The number of ether oxygens (including phenoxy) is 1. The lowest BCUT2D eigenvalue weighted by molar-refractivity contribution is 0.306. The van der Waals surface area contributed by atoms with Gasteiger partial charge in [0.1, 0.15) is 18.2 Å². The second kappa shape index (κ2) is 5.56. The molecule has 0 unspecified atom stereocenters. The fourth-order valence-electron chi connectivity index (χ4n) is 1.50. The molecule has 0 amide bonds. The lowest BCUT2D eigenvalue weighted by atomic mass is 10.1. The van der Waals surface area contributed by atoms with Gasteiger partial charge in [0, 0.05) is 10.6 Å². The monoisotopic (exact) mass is 260 g/mol. The molecule has 0 atom stereocenters. The first-order valence-electron chi connectivity index (χ1n) is 5.47. The van der Waals surface area contributed by atoms with E-state index in [-0.39, 0.29) is 5.84 Å². The van der Waals surface area contributed by atoms with Crippen molar-refractivity contribution in [1.82, 2.24) is 0 Å². The molecule has 0 saturated carbocycles. The average Bonchev–Trinajstić information content (AvgIpc) is 2.37. The molecule has 0 saturated heterocycles. The Morgan fingerprint density at radius 3 is 2.50 bits per heavy atom. The highest BCUT2D eigenvalue weighted by atomic mass is 35.5. The van der Waals surface area contributed by atoms with Crippen molar-refractivity contribution in [2.75, 3.05) is 0 Å². The molecule has 3 nitrogen and oxygen atoms in total. The van der Waals surface area contributed by atoms with Gasteiger partial charge in [-0.2, -0.15) is 0 Å². The van der Waals surface area contributed by atoms with Gasteiger partial charge >= 0.3 is 0 Å². The van der Waals surface area contributed by atoms with Crippen LogP contribution in [-0.4, -0.2) is 5.84 Å². The summed E-state index contributed by atoms with van der Waals surface area (Å²) in [4.78, 5) is 0. The molecular formula is C14H13ClN2O. The van der Waals surface area contributed by atoms with Crippen LogP contribution in [0.5, 0.6) is 5.75 Å². The number of hydrogen-bond donors (Lipinski definition) is 2. The zero-order valence-electron chi connectivity index (χ0n) is 9.69. The van der Waals surface area contributed by atoms with Crippen molar-refractivity contribution in [3.8, 4) is 5.75 Å². The van der Waals surface area contributed by atoms with Crippen molar-refractivity contribution in [3.63, 3.8) is 0 Å². The number of benzene rings is 2. The van der Waals surface area contributed by atoms with Crippen LogP contribution in [0.3, 0.4) is 0 Å². The third-order valence-electron chi connectivity index (χ3n) is 2.47. The normalized spacial score (nSPS) is 10.1. The van der Waals surface area contributed by atoms with Crippen LogP contribution in [-0.2, 0) is 6.61 Å². The lowest BCUT2D eigenvalue weighted by Crippen LogP contribution is -2.10. The molecule has 2 aromatic carbocycles. The Morgan fingerprint density at radius 1 is 1.17 bits per heavy atom. The van der Waals surface area contributed by atoms with Crippen LogP contribution in [0.4, 0.5) is 0 Å². The van der Waals surface area contributed by atoms with Gasteiger partial charge in [0.15, 0.2) is 0 Å². The fourth-order valence-corrected chi connectivity index (χ4v) is 1.68. The summed E-state index contributed by atoms with van der Waals surface area (Å²) >= 11 is 5.86. The summed E-state index contributed by atoms with van der Waals surface area (Å²) in [5.74, 6) is 0.801. The van der Waals surface area contributed by atoms with Gasteiger partial charge in [-0.05, 0) is 23.8 Å². The number of nitrogens with one attached hydrogen (secondary N) is 1. The molecule has 2 aromatic rings. The maximum Gasteiger partial charge on any atom is 0.122 e. The van der Waals surface area contributed by atoms with Crippen molar-refractivity contribution >= 4 is 17.4 Å². The SMILES string of the molecule is N=C(N)c1ccc(COc2cccc(Cl)c2)cc1. The highest BCUT2D eigenvalue weighted by Gasteiger charge is 1.99. The molecule has 0 aliphatic heterocycles. The van der Waals surface area contributed by atoms with E-state index < -0.39 is 0 Å². The van der Waals surface area contributed by atoms with Crippen LogP contribution in [0, 0.1) is 5.41 Å². The summed E-state index contributed by atoms with van der Waals surface area (Å²) < 4.78 is 5.60. The van der Waals surface area contributed by atoms with Crippen molar-refractivity contribution < 1.29 is 4.74 Å². The summed E-state index contributed by atoms with van der Waals surface area (Å²) in [7, 11) is 0. The van der Waals surface area contributed by atoms with Gasteiger partial charge < -0.3 is 10.5 Å². The third kappa shape index (κ3) is 3.25. The highest BCUT2D eigenvalue weighted by molar-refractivity contribution is 6.30. The smallest absolute Gasteiger partial charge is 0.122 e. The molecular weight excluding hydrogens is 248 g/mol. The molecule has 0 spiro atoms. The van der Waals surface area contributed by atoms with E-state index in [1.165, 1.54) is 0 Å². The molecule has 0 fully saturated rings. The van der Waals surface area contributed by atoms with Crippen molar-refractivity contribution in [3.05, 3.63) is 64.7 Å². The third-order valence-corrected chi connectivity index (χ3v) is 2.70. The van der Waals surface area contributed by atoms with Crippen LogP contribution >= 0.6 is 11.6 Å². The standard InChI is InChI=1S/C14H13ClN2O/c15-12-2-1-3-13(8-12)18-9-10-4-6-11(7-5-10)14(16)17/h1-8H,9H2,(H3,16,17). The Bertz CT molecular complexity index is 552. The van der Waals surface area contributed by atoms with Gasteiger partial charge in [-0.25, -0.2) is 0 Å². The van der Waals surface area contributed by atoms with E-state index in [4.69, 9.17) is 27.5 Å². The van der Waals surface area contributed by atoms with E-state index in [0.717, 1.165) is 11.3 Å². The summed E-state index contributed by atoms with van der Waals surface area (Å²) in [6.07, 6.45) is 0. The first kappa shape index (κ1) is 12.5. The largest absolute Gasteiger partial charge is 0.489 e. The Labute approximate surface area is 111 Å². The van der Waals surface area contributed by atoms with Crippen molar-refractivity contribution in [1.29, 1.82) is 5.41 Å². The van der Waals surface area contributed by atoms with Gasteiger partial charge in [-0.1, -0.05) is 41.9 Å². The second-order valence-electron chi connectivity index (χ2n) is 3.86. The van der Waals surface area contributed by atoms with Crippen LogP contribution in [0.2, 0.25) is 5.02 Å². The van der Waals surface area contributed by atoms with Gasteiger partial charge in [-0.3, -0.25) is 5.41 Å². The molecule has 0 bridgehead atoms. The molecule has 0 heterocycles. The van der Waals surface area contributed by atoms with E-state index >= 15 is 0 Å². The topological polar surface area (TPSA) is 59.1 Å². The summed E-state index contributed by atoms with van der Waals surface area (Å²) in [6.45, 7) is 0.457. The number of nitrogens with two attached hydrogens (primary N) is 1. The van der Waals surface area contributed by atoms with E-state index in [1.54, 1.807) is 24.3 Å². The Kier molecular flexibility index (Phi) is 3.85. The summed E-state index contributed by atoms with van der Waals surface area (Å²) in [6, 6.07) is 14.7. The fraction of sp³-hybridized carbons (Fsp3) is 0.0714. The number of hydrogen-bond acceptors (Lipinski definition) is 2. The second-order valence-corrected chi connectivity index (χ2v) is 4.29. The first-order chi connectivity index (χ1) is 8.65. The molecule has 3 N–H and O–H groups in total. The molecule has 18 heavy (non-hydrogen) atoms. The Hall–Kier alpha value is -2.00. The molecule has 2 rings (SSSR count). The minimum absolute atomic E-state index is 0.0670.